The van der Waals surface area contributed by atoms with Gasteiger partial charge in [-0.05, 0) is 38.1 Å². The molecule has 0 saturated carbocycles. The van der Waals surface area contributed by atoms with Gasteiger partial charge < -0.3 is 4.90 Å². The quantitative estimate of drug-likeness (QED) is 0.434. The molecule has 0 heterocycles. The van der Waals surface area contributed by atoms with Crippen molar-refractivity contribution in [3.05, 3.63) is 58.6 Å². The summed E-state index contributed by atoms with van der Waals surface area (Å²) >= 11 is 0. The van der Waals surface area contributed by atoms with Crippen LogP contribution >= 0.6 is 0 Å². The zero-order valence-corrected chi connectivity index (χ0v) is 12.6. The van der Waals surface area contributed by atoms with Crippen molar-refractivity contribution in [2.45, 2.75) is 13.8 Å². The molecule has 2 aromatic carbocycles. The van der Waals surface area contributed by atoms with Crippen LogP contribution in [0.3, 0.4) is 0 Å². The Morgan fingerprint density at radius 1 is 1.00 bits per heavy atom. The maximum Gasteiger partial charge on any atom is 0.269 e. The highest BCUT2D eigenvalue weighted by Gasteiger charge is 2.07. The van der Waals surface area contributed by atoms with Crippen molar-refractivity contribution in [2.24, 2.45) is 10.2 Å². The molecule has 0 aliphatic heterocycles. The second-order valence-electron chi connectivity index (χ2n) is 4.63. The number of anilines is 1. The van der Waals surface area contributed by atoms with E-state index in [-0.39, 0.29) is 5.69 Å². The number of benzene rings is 2. The maximum absolute atomic E-state index is 10.6. The van der Waals surface area contributed by atoms with Crippen LogP contribution < -0.4 is 4.90 Å². The third-order valence-electron chi connectivity index (χ3n) is 3.32. The SMILES string of the molecule is CCN(CC)c1ccccc1/N=N/c1ccc([N+](=O)[O-])cc1. The standard InChI is InChI=1S/C16H18N4O2/c1-3-19(4-2)16-8-6-5-7-15(16)18-17-13-9-11-14(12-10-13)20(21)22/h5-12H,3-4H2,1-2H3/b18-17+. The number of para-hydroxylation sites is 1. The Balaban J connectivity index is 2.24. The minimum absolute atomic E-state index is 0.0440. The van der Waals surface area contributed by atoms with E-state index in [9.17, 15) is 10.1 Å². The molecule has 0 spiro atoms. The second kappa shape index (κ2) is 7.31. The summed E-state index contributed by atoms with van der Waals surface area (Å²) in [5.74, 6) is 0. The molecule has 0 radical (unpaired) electrons. The minimum Gasteiger partial charge on any atom is -0.370 e. The molecule has 0 saturated heterocycles. The van der Waals surface area contributed by atoms with Crippen LogP contribution in [0, 0.1) is 10.1 Å². The van der Waals surface area contributed by atoms with Crippen LogP contribution in [0.15, 0.2) is 58.8 Å². The lowest BCUT2D eigenvalue weighted by Gasteiger charge is -2.22. The fourth-order valence-electron chi connectivity index (χ4n) is 2.13. The van der Waals surface area contributed by atoms with Gasteiger partial charge in [0.25, 0.3) is 5.69 Å². The molecule has 6 heteroatoms. The molecule has 0 N–H and O–H groups in total. The van der Waals surface area contributed by atoms with Crippen LogP contribution in [0.1, 0.15) is 13.8 Å². The van der Waals surface area contributed by atoms with Crippen LogP contribution in [0.2, 0.25) is 0 Å². The van der Waals surface area contributed by atoms with Gasteiger partial charge in [0, 0.05) is 25.2 Å². The van der Waals surface area contributed by atoms with Gasteiger partial charge in [-0.25, -0.2) is 0 Å². The third kappa shape index (κ3) is 3.66. The Hall–Kier alpha value is -2.76. The Morgan fingerprint density at radius 2 is 1.64 bits per heavy atom. The van der Waals surface area contributed by atoms with Gasteiger partial charge in [0.05, 0.1) is 16.3 Å². The van der Waals surface area contributed by atoms with Gasteiger partial charge in [0.1, 0.15) is 5.69 Å². The highest BCUT2D eigenvalue weighted by Crippen LogP contribution is 2.30. The van der Waals surface area contributed by atoms with Gasteiger partial charge in [-0.1, -0.05) is 12.1 Å². The number of non-ortho nitro benzene ring substituents is 1. The Kier molecular flexibility index (Phi) is 5.19. The molecule has 114 valence electrons. The molecule has 0 aliphatic rings. The van der Waals surface area contributed by atoms with E-state index in [2.05, 4.69) is 29.0 Å². The summed E-state index contributed by atoms with van der Waals surface area (Å²) in [4.78, 5) is 12.4. The summed E-state index contributed by atoms with van der Waals surface area (Å²) in [5.41, 5.74) is 2.44. The monoisotopic (exact) mass is 298 g/mol. The molecule has 2 rings (SSSR count). The Morgan fingerprint density at radius 3 is 2.23 bits per heavy atom. The molecule has 0 atom stereocenters. The summed E-state index contributed by atoms with van der Waals surface area (Å²) in [6, 6.07) is 13.8. The summed E-state index contributed by atoms with van der Waals surface area (Å²) in [6.07, 6.45) is 0. The van der Waals surface area contributed by atoms with E-state index in [0.29, 0.717) is 5.69 Å². The smallest absolute Gasteiger partial charge is 0.269 e. The predicted molar refractivity (Wildman–Crippen MR) is 87.3 cm³/mol. The Bertz CT molecular complexity index is 664. The number of hydrogen-bond donors (Lipinski definition) is 0. The summed E-state index contributed by atoms with van der Waals surface area (Å²) < 4.78 is 0. The van der Waals surface area contributed by atoms with Gasteiger partial charge >= 0.3 is 0 Å². The van der Waals surface area contributed by atoms with Crippen LogP contribution in [0.25, 0.3) is 0 Å². The molecule has 0 unspecified atom stereocenters. The Labute approximate surface area is 129 Å². The fourth-order valence-corrected chi connectivity index (χ4v) is 2.13. The van der Waals surface area contributed by atoms with Crippen molar-refractivity contribution in [1.29, 1.82) is 0 Å². The number of nitrogens with zero attached hydrogens (tertiary/aromatic N) is 4. The van der Waals surface area contributed by atoms with Gasteiger partial charge in [-0.2, -0.15) is 5.11 Å². The minimum atomic E-state index is -0.434. The normalized spacial score (nSPS) is 10.8. The molecule has 0 fully saturated rings. The van der Waals surface area contributed by atoms with E-state index >= 15 is 0 Å². The lowest BCUT2D eigenvalue weighted by Crippen LogP contribution is -2.21. The summed E-state index contributed by atoms with van der Waals surface area (Å²) in [6.45, 7) is 5.96. The second-order valence-corrected chi connectivity index (χ2v) is 4.63. The predicted octanol–water partition coefficient (Wildman–Crippen LogP) is 4.86. The van der Waals surface area contributed by atoms with Gasteiger partial charge in [0.15, 0.2) is 0 Å². The van der Waals surface area contributed by atoms with E-state index < -0.39 is 4.92 Å². The first-order valence-corrected chi connectivity index (χ1v) is 7.15. The lowest BCUT2D eigenvalue weighted by molar-refractivity contribution is -0.384. The zero-order chi connectivity index (χ0) is 15.9. The van der Waals surface area contributed by atoms with Crippen molar-refractivity contribution in [3.8, 4) is 0 Å². The van der Waals surface area contributed by atoms with E-state index in [0.717, 1.165) is 24.5 Å². The zero-order valence-electron chi connectivity index (χ0n) is 12.6. The number of azo groups is 1. The molecule has 22 heavy (non-hydrogen) atoms. The molecule has 0 aliphatic carbocycles. The molecule has 0 amide bonds. The largest absolute Gasteiger partial charge is 0.370 e. The van der Waals surface area contributed by atoms with Crippen molar-refractivity contribution in [3.63, 3.8) is 0 Å². The first-order chi connectivity index (χ1) is 10.7. The maximum atomic E-state index is 10.6. The van der Waals surface area contributed by atoms with Crippen molar-refractivity contribution >= 4 is 22.7 Å². The van der Waals surface area contributed by atoms with E-state index in [4.69, 9.17) is 0 Å². The van der Waals surface area contributed by atoms with Crippen molar-refractivity contribution in [1.82, 2.24) is 0 Å². The van der Waals surface area contributed by atoms with Crippen LogP contribution in [0.5, 0.6) is 0 Å². The average molecular weight is 298 g/mol. The highest BCUT2D eigenvalue weighted by atomic mass is 16.6. The molecular weight excluding hydrogens is 280 g/mol. The molecular formula is C16H18N4O2. The lowest BCUT2D eigenvalue weighted by atomic mass is 10.2. The first kappa shape index (κ1) is 15.6. The topological polar surface area (TPSA) is 71.1 Å². The third-order valence-corrected chi connectivity index (χ3v) is 3.32. The average Bonchev–Trinajstić information content (AvgIpc) is 2.55. The van der Waals surface area contributed by atoms with Crippen LogP contribution in [0.4, 0.5) is 22.7 Å². The highest BCUT2D eigenvalue weighted by molar-refractivity contribution is 5.66. The molecule has 0 aromatic heterocycles. The van der Waals surface area contributed by atoms with Crippen LogP contribution in [-0.2, 0) is 0 Å². The molecule has 6 nitrogen and oxygen atoms in total. The number of nitro groups is 1. The van der Waals surface area contributed by atoms with Gasteiger partial charge in [-0.15, -0.1) is 5.11 Å². The van der Waals surface area contributed by atoms with Crippen molar-refractivity contribution in [2.75, 3.05) is 18.0 Å². The summed E-state index contributed by atoms with van der Waals surface area (Å²) in [5, 5.41) is 19.1. The first-order valence-electron chi connectivity index (χ1n) is 7.15. The van der Waals surface area contributed by atoms with E-state index in [1.54, 1.807) is 12.1 Å². The number of rotatable bonds is 6. The van der Waals surface area contributed by atoms with Gasteiger partial charge in [-0.3, -0.25) is 10.1 Å². The number of nitro benzene ring substituents is 1. The summed E-state index contributed by atoms with van der Waals surface area (Å²) in [7, 11) is 0. The van der Waals surface area contributed by atoms with E-state index in [1.807, 2.05) is 24.3 Å². The fraction of sp³-hybridized carbons (Fsp3) is 0.250. The van der Waals surface area contributed by atoms with Gasteiger partial charge in [0.2, 0.25) is 0 Å². The molecule has 2 aromatic rings. The number of hydrogen-bond acceptors (Lipinski definition) is 5. The molecule has 0 bridgehead atoms. The van der Waals surface area contributed by atoms with Crippen molar-refractivity contribution < 1.29 is 4.92 Å². The van der Waals surface area contributed by atoms with Crippen LogP contribution in [-0.4, -0.2) is 18.0 Å². The van der Waals surface area contributed by atoms with E-state index in [1.165, 1.54) is 12.1 Å².